The molecule has 2 heterocycles. The number of H-pyrrole nitrogens is 1. The van der Waals surface area contributed by atoms with E-state index in [1.807, 2.05) is 12.1 Å². The van der Waals surface area contributed by atoms with Crippen LogP contribution in [0.1, 0.15) is 41.4 Å². The Labute approximate surface area is 170 Å². The first kappa shape index (κ1) is 19.9. The van der Waals surface area contributed by atoms with Gasteiger partial charge in [-0.1, -0.05) is 6.92 Å². The zero-order chi connectivity index (χ0) is 20.8. The Morgan fingerprint density at radius 2 is 2.07 bits per heavy atom. The number of esters is 1. The van der Waals surface area contributed by atoms with Crippen LogP contribution in [-0.4, -0.2) is 61.4 Å². The molecule has 1 saturated heterocycles. The summed E-state index contributed by atoms with van der Waals surface area (Å²) in [5.74, 6) is -0.267. The number of amides is 1. The number of likely N-dealkylation sites (N-methyl/N-ethyl adjacent to an activating group) is 1. The smallest absolute Gasteiger partial charge is 0.338 e. The van der Waals surface area contributed by atoms with E-state index < -0.39 is 28.3 Å². The monoisotopic (exact) mass is 418 g/mol. The van der Waals surface area contributed by atoms with Gasteiger partial charge in [0.15, 0.2) is 16.4 Å². The van der Waals surface area contributed by atoms with Crippen LogP contribution in [0, 0.1) is 5.92 Å². The molecule has 0 bridgehead atoms. The van der Waals surface area contributed by atoms with Crippen LogP contribution in [0.25, 0.3) is 10.9 Å². The van der Waals surface area contributed by atoms with Gasteiger partial charge in [-0.15, -0.1) is 0 Å². The van der Waals surface area contributed by atoms with Crippen LogP contribution in [-0.2, 0) is 32.2 Å². The number of hydrogen-bond acceptors (Lipinski definition) is 5. The lowest BCUT2D eigenvalue weighted by molar-refractivity contribution is -0.134. The van der Waals surface area contributed by atoms with Crippen molar-refractivity contribution in [2.75, 3.05) is 25.2 Å². The molecule has 8 heteroatoms. The lowest BCUT2D eigenvalue weighted by Gasteiger charge is -2.23. The molecule has 2 aromatic rings. The number of rotatable bonds is 4. The molecule has 1 aromatic carbocycles. The molecule has 1 aromatic heterocycles. The molecule has 0 radical (unpaired) electrons. The van der Waals surface area contributed by atoms with Crippen LogP contribution in [0.5, 0.6) is 0 Å². The Balaban J connectivity index is 1.42. The van der Waals surface area contributed by atoms with E-state index in [2.05, 4.69) is 11.9 Å². The zero-order valence-electron chi connectivity index (χ0n) is 16.7. The molecule has 29 heavy (non-hydrogen) atoms. The molecule has 2 atom stereocenters. The van der Waals surface area contributed by atoms with E-state index in [0.717, 1.165) is 30.2 Å². The first-order valence-corrected chi connectivity index (χ1v) is 11.8. The summed E-state index contributed by atoms with van der Waals surface area (Å²) in [6.45, 7) is 1.84. The van der Waals surface area contributed by atoms with Crippen molar-refractivity contribution in [1.29, 1.82) is 0 Å². The van der Waals surface area contributed by atoms with Crippen LogP contribution in [0.15, 0.2) is 18.2 Å². The predicted molar refractivity (Wildman–Crippen MR) is 110 cm³/mol. The summed E-state index contributed by atoms with van der Waals surface area (Å²) in [5.41, 5.74) is 3.94. The average Bonchev–Trinajstić information content (AvgIpc) is 3.24. The van der Waals surface area contributed by atoms with Crippen LogP contribution in [0.2, 0.25) is 0 Å². The highest BCUT2D eigenvalue weighted by Gasteiger charge is 2.33. The Kier molecular flexibility index (Phi) is 5.14. The molecule has 2 aliphatic rings. The third kappa shape index (κ3) is 4.03. The number of aromatic nitrogens is 1. The van der Waals surface area contributed by atoms with Gasteiger partial charge in [-0.2, -0.15) is 0 Å². The normalized spacial score (nSPS) is 23.0. The summed E-state index contributed by atoms with van der Waals surface area (Å²) in [6.07, 6.45) is 3.59. The number of aryl methyl sites for hydroxylation is 1. The second-order valence-corrected chi connectivity index (χ2v) is 10.6. The summed E-state index contributed by atoms with van der Waals surface area (Å²) in [7, 11) is -1.52. The highest BCUT2D eigenvalue weighted by molar-refractivity contribution is 7.91. The molecule has 0 saturated carbocycles. The summed E-state index contributed by atoms with van der Waals surface area (Å²) in [5, 5.41) is 1.04. The lowest BCUT2D eigenvalue weighted by atomic mass is 9.87. The first-order valence-electron chi connectivity index (χ1n) is 10.00. The summed E-state index contributed by atoms with van der Waals surface area (Å²) in [6, 6.07) is 5.07. The van der Waals surface area contributed by atoms with E-state index in [4.69, 9.17) is 4.74 Å². The maximum Gasteiger partial charge on any atom is 0.338 e. The maximum atomic E-state index is 12.5. The Bertz CT molecular complexity index is 1070. The highest BCUT2D eigenvalue weighted by atomic mass is 32.2. The molecular weight excluding hydrogens is 392 g/mol. The van der Waals surface area contributed by atoms with Gasteiger partial charge in [0.05, 0.1) is 17.1 Å². The molecule has 0 unspecified atom stereocenters. The molecule has 1 N–H and O–H groups in total. The van der Waals surface area contributed by atoms with Crippen molar-refractivity contribution in [3.8, 4) is 0 Å². The standard InChI is InChI=1S/C21H26N2O5S/c1-13-3-5-18-16(9-13)17-10-14(4-6-19(17)22-18)21(25)28-11-20(24)23(2)15-7-8-29(26,27)12-15/h4,6,10,13,15,22H,3,5,7-9,11-12H2,1-2H3/t13-,15+/m0/s1. The zero-order valence-corrected chi connectivity index (χ0v) is 17.5. The SMILES string of the molecule is C[C@H]1CCc2[nH]c3ccc(C(=O)OCC(=O)N(C)[C@@H]4CCS(=O)(=O)C4)cc3c2C1. The van der Waals surface area contributed by atoms with E-state index >= 15 is 0 Å². The number of hydrogen-bond donors (Lipinski definition) is 1. The number of nitrogens with one attached hydrogen (secondary N) is 1. The molecular formula is C21H26N2O5S. The Morgan fingerprint density at radius 3 is 2.79 bits per heavy atom. The van der Waals surface area contributed by atoms with Crippen molar-refractivity contribution >= 4 is 32.6 Å². The van der Waals surface area contributed by atoms with Gasteiger partial charge in [-0.3, -0.25) is 4.79 Å². The number of ether oxygens (including phenoxy) is 1. The number of sulfone groups is 1. The number of fused-ring (bicyclic) bond motifs is 3. The van der Waals surface area contributed by atoms with E-state index in [0.29, 0.717) is 17.9 Å². The number of carbonyl (C=O) groups excluding carboxylic acids is 2. The predicted octanol–water partition coefficient (Wildman–Crippen LogP) is 2.09. The molecule has 1 fully saturated rings. The molecule has 1 aliphatic heterocycles. The minimum Gasteiger partial charge on any atom is -0.452 e. The Hall–Kier alpha value is -2.35. The summed E-state index contributed by atoms with van der Waals surface area (Å²) in [4.78, 5) is 29.6. The first-order chi connectivity index (χ1) is 13.7. The van der Waals surface area contributed by atoms with Crippen molar-refractivity contribution in [3.05, 3.63) is 35.0 Å². The van der Waals surface area contributed by atoms with Crippen LogP contribution < -0.4 is 0 Å². The van der Waals surface area contributed by atoms with Crippen molar-refractivity contribution in [2.45, 2.75) is 38.6 Å². The summed E-state index contributed by atoms with van der Waals surface area (Å²) < 4.78 is 28.4. The minimum absolute atomic E-state index is 0.0309. The van der Waals surface area contributed by atoms with Gasteiger partial charge in [0.1, 0.15) is 0 Å². The van der Waals surface area contributed by atoms with Gasteiger partial charge in [0.25, 0.3) is 5.91 Å². The molecule has 1 aliphatic carbocycles. The van der Waals surface area contributed by atoms with Gasteiger partial charge < -0.3 is 14.6 Å². The number of carbonyl (C=O) groups is 2. The second-order valence-electron chi connectivity index (χ2n) is 8.33. The van der Waals surface area contributed by atoms with Crippen molar-refractivity contribution < 1.29 is 22.7 Å². The van der Waals surface area contributed by atoms with Crippen LogP contribution in [0.3, 0.4) is 0 Å². The fraction of sp³-hybridized carbons (Fsp3) is 0.524. The largest absolute Gasteiger partial charge is 0.452 e. The topological polar surface area (TPSA) is 96.5 Å². The van der Waals surface area contributed by atoms with Gasteiger partial charge in [-0.25, -0.2) is 13.2 Å². The minimum atomic E-state index is -3.08. The molecule has 4 rings (SSSR count). The number of benzene rings is 1. The molecule has 7 nitrogen and oxygen atoms in total. The van der Waals surface area contributed by atoms with E-state index in [-0.39, 0.29) is 17.5 Å². The molecule has 156 valence electrons. The lowest BCUT2D eigenvalue weighted by Crippen LogP contribution is -2.40. The van der Waals surface area contributed by atoms with Gasteiger partial charge in [0.2, 0.25) is 0 Å². The van der Waals surface area contributed by atoms with Crippen molar-refractivity contribution in [1.82, 2.24) is 9.88 Å². The molecule has 1 amide bonds. The fourth-order valence-corrected chi connectivity index (χ4v) is 6.09. The summed E-state index contributed by atoms with van der Waals surface area (Å²) >= 11 is 0. The Morgan fingerprint density at radius 1 is 1.28 bits per heavy atom. The van der Waals surface area contributed by atoms with E-state index in [1.54, 1.807) is 13.1 Å². The van der Waals surface area contributed by atoms with Crippen LogP contribution >= 0.6 is 0 Å². The van der Waals surface area contributed by atoms with Gasteiger partial charge in [-0.05, 0) is 55.4 Å². The number of aromatic amines is 1. The van der Waals surface area contributed by atoms with Gasteiger partial charge in [0, 0.05) is 29.7 Å². The third-order valence-electron chi connectivity index (χ3n) is 6.15. The quantitative estimate of drug-likeness (QED) is 0.767. The van der Waals surface area contributed by atoms with E-state index in [1.165, 1.54) is 16.2 Å². The van der Waals surface area contributed by atoms with E-state index in [9.17, 15) is 18.0 Å². The maximum absolute atomic E-state index is 12.5. The average molecular weight is 419 g/mol. The third-order valence-corrected chi connectivity index (χ3v) is 7.90. The number of nitrogens with zero attached hydrogens (tertiary/aromatic N) is 1. The van der Waals surface area contributed by atoms with Crippen LogP contribution in [0.4, 0.5) is 0 Å². The highest BCUT2D eigenvalue weighted by Crippen LogP contribution is 2.32. The fourth-order valence-electron chi connectivity index (χ4n) is 4.32. The second kappa shape index (κ2) is 7.48. The van der Waals surface area contributed by atoms with Crippen molar-refractivity contribution in [2.24, 2.45) is 5.92 Å². The molecule has 0 spiro atoms. The van der Waals surface area contributed by atoms with Gasteiger partial charge >= 0.3 is 5.97 Å². The van der Waals surface area contributed by atoms with Crippen molar-refractivity contribution in [3.63, 3.8) is 0 Å².